The maximum atomic E-state index is 12.9. The van der Waals surface area contributed by atoms with Gasteiger partial charge in [-0.1, -0.05) is 12.1 Å². The molecule has 0 aliphatic carbocycles. The molecule has 0 amide bonds. The molecule has 0 aliphatic rings. The van der Waals surface area contributed by atoms with Crippen LogP contribution in [0.4, 0.5) is 4.39 Å². The number of hydrogen-bond acceptors (Lipinski definition) is 5. The van der Waals surface area contributed by atoms with Gasteiger partial charge in [0, 0.05) is 12.5 Å². The molecule has 116 valence electrons. The predicted octanol–water partition coefficient (Wildman–Crippen LogP) is 2.91. The first-order chi connectivity index (χ1) is 11.1. The number of ketones is 1. The standard InChI is InChI=1S/C16H12FN3O3/c17-11-3-1-10(2-4-11)7-15-12(5-6-23-15)13(21)8-14(22)16-18-9-19-20-16/h1-6,8-9,21H,7H2,(H,18,19,20)/b13-8-. The second-order valence-electron chi connectivity index (χ2n) is 4.79. The van der Waals surface area contributed by atoms with Crippen molar-refractivity contribution in [3.8, 4) is 0 Å². The summed E-state index contributed by atoms with van der Waals surface area (Å²) < 4.78 is 18.3. The van der Waals surface area contributed by atoms with Gasteiger partial charge in [-0.05, 0) is 23.8 Å². The number of furan rings is 1. The smallest absolute Gasteiger partial charge is 0.226 e. The molecule has 23 heavy (non-hydrogen) atoms. The minimum absolute atomic E-state index is 0.0279. The van der Waals surface area contributed by atoms with E-state index in [-0.39, 0.29) is 17.4 Å². The van der Waals surface area contributed by atoms with Gasteiger partial charge in [-0.25, -0.2) is 9.37 Å². The molecule has 0 radical (unpaired) electrons. The van der Waals surface area contributed by atoms with Crippen molar-refractivity contribution in [3.63, 3.8) is 0 Å². The summed E-state index contributed by atoms with van der Waals surface area (Å²) in [5.74, 6) is -0.573. The van der Waals surface area contributed by atoms with Crippen molar-refractivity contribution in [2.45, 2.75) is 6.42 Å². The van der Waals surface area contributed by atoms with E-state index in [1.165, 1.54) is 24.7 Å². The minimum Gasteiger partial charge on any atom is -0.507 e. The van der Waals surface area contributed by atoms with E-state index < -0.39 is 5.78 Å². The summed E-state index contributed by atoms with van der Waals surface area (Å²) in [6, 6.07) is 7.50. The first-order valence-electron chi connectivity index (χ1n) is 6.75. The maximum Gasteiger partial charge on any atom is 0.226 e. The predicted molar refractivity (Wildman–Crippen MR) is 79.2 cm³/mol. The summed E-state index contributed by atoms with van der Waals surface area (Å²) in [4.78, 5) is 15.6. The molecule has 0 fully saturated rings. The van der Waals surface area contributed by atoms with Crippen LogP contribution in [0.2, 0.25) is 0 Å². The Balaban J connectivity index is 1.82. The van der Waals surface area contributed by atoms with Crippen molar-refractivity contribution in [3.05, 3.63) is 77.5 Å². The van der Waals surface area contributed by atoms with E-state index in [1.54, 1.807) is 18.2 Å². The van der Waals surface area contributed by atoms with Crippen LogP contribution in [0.1, 0.15) is 27.5 Å². The van der Waals surface area contributed by atoms with Gasteiger partial charge in [0.05, 0.1) is 11.8 Å². The summed E-state index contributed by atoms with van der Waals surface area (Å²) in [5, 5.41) is 16.1. The zero-order valence-corrected chi connectivity index (χ0v) is 11.9. The van der Waals surface area contributed by atoms with Crippen LogP contribution in [0.25, 0.3) is 5.76 Å². The summed E-state index contributed by atoms with van der Waals surface area (Å²) >= 11 is 0. The van der Waals surface area contributed by atoms with Crippen LogP contribution in [0.5, 0.6) is 0 Å². The number of aliphatic hydroxyl groups is 1. The fourth-order valence-corrected chi connectivity index (χ4v) is 2.09. The van der Waals surface area contributed by atoms with E-state index in [0.29, 0.717) is 17.7 Å². The molecule has 0 saturated heterocycles. The van der Waals surface area contributed by atoms with E-state index in [9.17, 15) is 14.3 Å². The third-order valence-corrected chi connectivity index (χ3v) is 3.22. The Labute approximate surface area is 130 Å². The largest absolute Gasteiger partial charge is 0.507 e. The normalized spacial score (nSPS) is 11.6. The first kappa shape index (κ1) is 14.7. The van der Waals surface area contributed by atoms with Gasteiger partial charge >= 0.3 is 0 Å². The molecular formula is C16H12FN3O3. The monoisotopic (exact) mass is 313 g/mol. The van der Waals surface area contributed by atoms with Gasteiger partial charge in [0.15, 0.2) is 5.82 Å². The highest BCUT2D eigenvalue weighted by Crippen LogP contribution is 2.22. The number of nitrogens with zero attached hydrogens (tertiary/aromatic N) is 2. The van der Waals surface area contributed by atoms with Gasteiger partial charge in [0.25, 0.3) is 0 Å². The molecule has 0 atom stereocenters. The second-order valence-corrected chi connectivity index (χ2v) is 4.79. The molecule has 2 aromatic heterocycles. The van der Waals surface area contributed by atoms with Gasteiger partial charge < -0.3 is 9.52 Å². The molecule has 0 bridgehead atoms. The molecule has 0 saturated carbocycles. The number of aromatic amines is 1. The average Bonchev–Trinajstić information content (AvgIpc) is 3.20. The molecule has 6 nitrogen and oxygen atoms in total. The summed E-state index contributed by atoms with van der Waals surface area (Å²) in [6.45, 7) is 0. The molecule has 3 rings (SSSR count). The highest BCUT2D eigenvalue weighted by molar-refractivity contribution is 6.05. The number of carbonyl (C=O) groups is 1. The Kier molecular flexibility index (Phi) is 4.01. The van der Waals surface area contributed by atoms with E-state index in [4.69, 9.17) is 4.42 Å². The number of allylic oxidation sites excluding steroid dienone is 1. The van der Waals surface area contributed by atoms with Crippen molar-refractivity contribution in [1.82, 2.24) is 15.2 Å². The molecule has 1 aromatic carbocycles. The van der Waals surface area contributed by atoms with Crippen LogP contribution < -0.4 is 0 Å². The molecular weight excluding hydrogens is 301 g/mol. The van der Waals surface area contributed by atoms with E-state index >= 15 is 0 Å². The van der Waals surface area contributed by atoms with Crippen molar-refractivity contribution in [1.29, 1.82) is 0 Å². The molecule has 0 spiro atoms. The fourth-order valence-electron chi connectivity index (χ4n) is 2.09. The van der Waals surface area contributed by atoms with E-state index in [2.05, 4.69) is 15.2 Å². The number of rotatable bonds is 5. The van der Waals surface area contributed by atoms with Crippen LogP contribution in [-0.4, -0.2) is 26.1 Å². The molecule has 2 heterocycles. The van der Waals surface area contributed by atoms with Crippen LogP contribution >= 0.6 is 0 Å². The zero-order valence-electron chi connectivity index (χ0n) is 11.9. The number of H-pyrrole nitrogens is 1. The minimum atomic E-state index is -0.506. The van der Waals surface area contributed by atoms with Crippen LogP contribution in [0.15, 0.2) is 53.4 Å². The molecule has 0 unspecified atom stereocenters. The Morgan fingerprint density at radius 3 is 2.78 bits per heavy atom. The van der Waals surface area contributed by atoms with E-state index in [0.717, 1.165) is 11.6 Å². The van der Waals surface area contributed by atoms with Gasteiger partial charge in [-0.15, -0.1) is 0 Å². The van der Waals surface area contributed by atoms with Crippen LogP contribution in [0.3, 0.4) is 0 Å². The fraction of sp³-hybridized carbons (Fsp3) is 0.0625. The summed E-state index contributed by atoms with van der Waals surface area (Å²) in [7, 11) is 0. The number of benzene rings is 1. The number of aromatic nitrogens is 3. The highest BCUT2D eigenvalue weighted by atomic mass is 19.1. The van der Waals surface area contributed by atoms with Crippen molar-refractivity contribution in [2.24, 2.45) is 0 Å². The molecule has 7 heteroatoms. The Morgan fingerprint density at radius 1 is 1.30 bits per heavy atom. The van der Waals surface area contributed by atoms with Crippen LogP contribution in [0, 0.1) is 5.82 Å². The molecule has 2 N–H and O–H groups in total. The highest BCUT2D eigenvalue weighted by Gasteiger charge is 2.14. The van der Waals surface area contributed by atoms with Crippen LogP contribution in [-0.2, 0) is 6.42 Å². The lowest BCUT2D eigenvalue weighted by Crippen LogP contribution is -2.00. The summed E-state index contributed by atoms with van der Waals surface area (Å²) in [5.41, 5.74) is 1.21. The zero-order chi connectivity index (χ0) is 16.2. The number of hydrogen-bond donors (Lipinski definition) is 2. The quantitative estimate of drug-likeness (QED) is 0.429. The first-order valence-corrected chi connectivity index (χ1v) is 6.75. The van der Waals surface area contributed by atoms with Gasteiger partial charge in [0.2, 0.25) is 5.78 Å². The third kappa shape index (κ3) is 3.34. The maximum absolute atomic E-state index is 12.9. The Bertz CT molecular complexity index is 836. The lowest BCUT2D eigenvalue weighted by atomic mass is 10.1. The van der Waals surface area contributed by atoms with E-state index in [1.807, 2.05) is 0 Å². The lowest BCUT2D eigenvalue weighted by molar-refractivity contribution is 0.103. The number of aliphatic hydroxyl groups excluding tert-OH is 1. The van der Waals surface area contributed by atoms with Gasteiger partial charge in [-0.2, -0.15) is 5.10 Å². The van der Waals surface area contributed by atoms with Gasteiger partial charge in [-0.3, -0.25) is 9.89 Å². The topological polar surface area (TPSA) is 92.0 Å². The summed E-state index contributed by atoms with van der Waals surface area (Å²) in [6.07, 6.45) is 4.02. The third-order valence-electron chi connectivity index (χ3n) is 3.22. The molecule has 3 aromatic rings. The van der Waals surface area contributed by atoms with Gasteiger partial charge in [0.1, 0.15) is 23.7 Å². The molecule has 0 aliphatic heterocycles. The number of halogens is 1. The second kappa shape index (κ2) is 6.27. The van der Waals surface area contributed by atoms with Crippen molar-refractivity contribution >= 4 is 11.5 Å². The number of nitrogens with one attached hydrogen (secondary N) is 1. The SMILES string of the molecule is O=C(/C=C(\O)c1ccoc1Cc1ccc(F)cc1)c1ncn[nH]1. The Hall–Kier alpha value is -3.22. The average molecular weight is 313 g/mol. The van der Waals surface area contributed by atoms with Crippen molar-refractivity contribution < 1.29 is 18.7 Å². The van der Waals surface area contributed by atoms with Crippen molar-refractivity contribution in [2.75, 3.05) is 0 Å². The number of carbonyl (C=O) groups excluding carboxylic acids is 1. The lowest BCUT2D eigenvalue weighted by Gasteiger charge is -2.03. The Morgan fingerprint density at radius 2 is 2.09 bits per heavy atom.